The number of thioether (sulfide) groups is 1. The van der Waals surface area contributed by atoms with E-state index in [1.807, 2.05) is 31.4 Å². The highest BCUT2D eigenvalue weighted by Gasteiger charge is 2.19. The Bertz CT molecular complexity index is 1050. The number of nitriles is 1. The van der Waals surface area contributed by atoms with Crippen molar-refractivity contribution >= 4 is 35.0 Å². The minimum absolute atomic E-state index is 0.170. The van der Waals surface area contributed by atoms with Crippen molar-refractivity contribution in [2.75, 3.05) is 0 Å². The number of hydrogen-bond acceptors (Lipinski definition) is 5. The fourth-order valence-corrected chi connectivity index (χ4v) is 3.82. The van der Waals surface area contributed by atoms with Gasteiger partial charge in [-0.2, -0.15) is 5.26 Å². The van der Waals surface area contributed by atoms with Gasteiger partial charge in [0.1, 0.15) is 12.4 Å². The van der Waals surface area contributed by atoms with Crippen LogP contribution >= 0.6 is 35.0 Å². The molecule has 0 N–H and O–H groups in total. The molecule has 5 nitrogen and oxygen atoms in total. The zero-order valence-corrected chi connectivity index (χ0v) is 17.9. The zero-order valence-electron chi connectivity index (χ0n) is 15.6. The van der Waals surface area contributed by atoms with Gasteiger partial charge in [0, 0.05) is 5.02 Å². The molecule has 8 heteroatoms. The van der Waals surface area contributed by atoms with Gasteiger partial charge in [-0.1, -0.05) is 47.1 Å². The highest BCUT2D eigenvalue weighted by Crippen LogP contribution is 2.30. The fraction of sp³-hybridized carbons (Fsp3) is 0.250. The average molecular weight is 433 g/mol. The van der Waals surface area contributed by atoms with Crippen LogP contribution in [0.3, 0.4) is 0 Å². The smallest absolute Gasteiger partial charge is 0.197 e. The molecule has 0 spiro atoms. The predicted molar refractivity (Wildman–Crippen MR) is 113 cm³/mol. The molecule has 0 saturated heterocycles. The molecule has 0 aliphatic rings. The first-order valence-electron chi connectivity index (χ1n) is 8.55. The van der Waals surface area contributed by atoms with Crippen LogP contribution in [0, 0.1) is 25.2 Å². The predicted octanol–water partition coefficient (Wildman–Crippen LogP) is 5.77. The molecule has 0 aliphatic heterocycles. The van der Waals surface area contributed by atoms with Crippen molar-refractivity contribution in [3.8, 4) is 17.5 Å². The van der Waals surface area contributed by atoms with Gasteiger partial charge in [-0.05, 0) is 56.2 Å². The fourth-order valence-electron chi connectivity index (χ4n) is 2.59. The molecule has 1 heterocycles. The summed E-state index contributed by atoms with van der Waals surface area (Å²) in [5, 5.41) is 19.1. The van der Waals surface area contributed by atoms with Crippen LogP contribution in [0.15, 0.2) is 41.6 Å². The second-order valence-electron chi connectivity index (χ2n) is 6.28. The minimum atomic E-state index is -0.257. The van der Waals surface area contributed by atoms with E-state index in [-0.39, 0.29) is 11.9 Å². The first-order chi connectivity index (χ1) is 13.4. The van der Waals surface area contributed by atoms with Gasteiger partial charge in [-0.3, -0.25) is 4.57 Å². The summed E-state index contributed by atoms with van der Waals surface area (Å²) < 4.78 is 7.80. The van der Waals surface area contributed by atoms with Crippen molar-refractivity contribution in [1.82, 2.24) is 14.8 Å². The summed E-state index contributed by atoms with van der Waals surface area (Å²) in [6.45, 7) is 6.05. The molecule has 28 heavy (non-hydrogen) atoms. The highest BCUT2D eigenvalue weighted by atomic mass is 35.5. The van der Waals surface area contributed by atoms with Gasteiger partial charge in [-0.15, -0.1) is 10.2 Å². The number of hydrogen-bond donors (Lipinski definition) is 0. The lowest BCUT2D eigenvalue weighted by atomic mass is 10.1. The molecular weight excluding hydrogens is 415 g/mol. The number of rotatable bonds is 6. The second-order valence-corrected chi connectivity index (χ2v) is 8.43. The molecule has 0 amide bonds. The van der Waals surface area contributed by atoms with E-state index in [0.717, 1.165) is 16.8 Å². The Morgan fingerprint density at radius 2 is 1.96 bits per heavy atom. The van der Waals surface area contributed by atoms with Crippen molar-refractivity contribution in [2.24, 2.45) is 0 Å². The third-order valence-electron chi connectivity index (χ3n) is 4.02. The Hall–Kier alpha value is -2.20. The Morgan fingerprint density at radius 3 is 2.68 bits per heavy atom. The molecule has 144 valence electrons. The molecule has 0 bridgehead atoms. The highest BCUT2D eigenvalue weighted by molar-refractivity contribution is 8.00. The lowest BCUT2D eigenvalue weighted by Gasteiger charge is -2.15. The van der Waals surface area contributed by atoms with Gasteiger partial charge in [0.2, 0.25) is 0 Å². The lowest BCUT2D eigenvalue weighted by molar-refractivity contribution is 0.293. The molecule has 1 unspecified atom stereocenters. The summed E-state index contributed by atoms with van der Waals surface area (Å²) in [5.74, 6) is 1.13. The van der Waals surface area contributed by atoms with Crippen molar-refractivity contribution in [3.05, 3.63) is 63.4 Å². The van der Waals surface area contributed by atoms with Gasteiger partial charge in [0.25, 0.3) is 0 Å². The Morgan fingerprint density at radius 1 is 1.18 bits per heavy atom. The number of ether oxygens (including phenoxy) is 1. The van der Waals surface area contributed by atoms with Crippen LogP contribution in [-0.2, 0) is 6.61 Å². The van der Waals surface area contributed by atoms with E-state index in [2.05, 4.69) is 28.4 Å². The zero-order chi connectivity index (χ0) is 20.3. The third-order valence-corrected chi connectivity index (χ3v) is 5.49. The van der Waals surface area contributed by atoms with E-state index < -0.39 is 0 Å². The summed E-state index contributed by atoms with van der Waals surface area (Å²) in [5.41, 5.74) is 3.15. The van der Waals surface area contributed by atoms with Crippen LogP contribution in [0.5, 0.6) is 5.75 Å². The summed E-state index contributed by atoms with van der Waals surface area (Å²) in [4.78, 5) is 0. The SMILES string of the molecule is Cc1ccc(C)c(-n2c(COc3ccc(Cl)cc3Cl)nnc2SC(C)C#N)c1. The Labute approximate surface area is 178 Å². The van der Waals surface area contributed by atoms with Crippen LogP contribution in [-0.4, -0.2) is 20.0 Å². The van der Waals surface area contributed by atoms with Crippen molar-refractivity contribution in [2.45, 2.75) is 37.8 Å². The van der Waals surface area contributed by atoms with Crippen molar-refractivity contribution in [1.29, 1.82) is 5.26 Å². The molecule has 3 rings (SSSR count). The summed E-state index contributed by atoms with van der Waals surface area (Å²) in [7, 11) is 0. The van der Waals surface area contributed by atoms with Gasteiger partial charge >= 0.3 is 0 Å². The topological polar surface area (TPSA) is 63.7 Å². The minimum Gasteiger partial charge on any atom is -0.484 e. The monoisotopic (exact) mass is 432 g/mol. The molecule has 3 aromatic rings. The third kappa shape index (κ3) is 4.61. The van der Waals surface area contributed by atoms with Crippen LogP contribution in [0.2, 0.25) is 10.0 Å². The van der Waals surface area contributed by atoms with E-state index in [0.29, 0.717) is 26.8 Å². The first-order valence-corrected chi connectivity index (χ1v) is 10.2. The lowest BCUT2D eigenvalue weighted by Crippen LogP contribution is -2.09. The van der Waals surface area contributed by atoms with Crippen LogP contribution in [0.1, 0.15) is 23.9 Å². The summed E-state index contributed by atoms with van der Waals surface area (Å²) >= 11 is 13.5. The van der Waals surface area contributed by atoms with Gasteiger partial charge in [0.15, 0.2) is 11.0 Å². The second kappa shape index (κ2) is 8.87. The normalized spacial score (nSPS) is 11.9. The van der Waals surface area contributed by atoms with E-state index in [9.17, 15) is 5.26 Å². The Balaban J connectivity index is 1.99. The summed E-state index contributed by atoms with van der Waals surface area (Å²) in [6, 6.07) is 13.5. The van der Waals surface area contributed by atoms with Crippen LogP contribution in [0.4, 0.5) is 0 Å². The quantitative estimate of drug-likeness (QED) is 0.462. The number of halogens is 2. The van der Waals surface area contributed by atoms with Crippen molar-refractivity contribution in [3.63, 3.8) is 0 Å². The molecule has 0 fully saturated rings. The van der Waals surface area contributed by atoms with Gasteiger partial charge in [0.05, 0.1) is 22.0 Å². The van der Waals surface area contributed by atoms with Gasteiger partial charge < -0.3 is 4.74 Å². The largest absolute Gasteiger partial charge is 0.484 e. The molecule has 0 aliphatic carbocycles. The van der Waals surface area contributed by atoms with E-state index in [1.165, 1.54) is 11.8 Å². The molecule has 1 atom stereocenters. The van der Waals surface area contributed by atoms with E-state index >= 15 is 0 Å². The number of nitrogens with zero attached hydrogens (tertiary/aromatic N) is 4. The number of aromatic nitrogens is 3. The van der Waals surface area contributed by atoms with Crippen molar-refractivity contribution < 1.29 is 4.74 Å². The number of aryl methyl sites for hydroxylation is 2. The number of benzene rings is 2. The van der Waals surface area contributed by atoms with E-state index in [1.54, 1.807) is 18.2 Å². The maximum absolute atomic E-state index is 9.19. The van der Waals surface area contributed by atoms with Gasteiger partial charge in [-0.25, -0.2) is 0 Å². The average Bonchev–Trinajstić information content (AvgIpc) is 3.05. The molecule has 2 aromatic carbocycles. The standard InChI is InChI=1S/C20H18Cl2N4OS/c1-12-4-5-13(2)17(8-12)26-19(24-25-20(26)28-14(3)10-23)11-27-18-7-6-15(21)9-16(18)22/h4-9,14H,11H2,1-3H3. The Kier molecular flexibility index (Phi) is 6.50. The maximum Gasteiger partial charge on any atom is 0.197 e. The summed E-state index contributed by atoms with van der Waals surface area (Å²) in [6.07, 6.45) is 0. The first kappa shape index (κ1) is 20.5. The molecular formula is C20H18Cl2N4OS. The van der Waals surface area contributed by atoms with Crippen LogP contribution in [0.25, 0.3) is 5.69 Å². The van der Waals surface area contributed by atoms with E-state index in [4.69, 9.17) is 27.9 Å². The molecule has 1 aromatic heterocycles. The van der Waals surface area contributed by atoms with Crippen LogP contribution < -0.4 is 4.74 Å². The maximum atomic E-state index is 9.19. The molecule has 0 saturated carbocycles. The molecule has 0 radical (unpaired) electrons.